The summed E-state index contributed by atoms with van der Waals surface area (Å²) in [4.78, 5) is 16.4. The van der Waals surface area contributed by atoms with Crippen molar-refractivity contribution in [3.05, 3.63) is 42.4 Å². The molecule has 4 rings (SSSR count). The van der Waals surface area contributed by atoms with Crippen molar-refractivity contribution in [2.45, 2.75) is 32.8 Å². The van der Waals surface area contributed by atoms with Crippen molar-refractivity contribution in [2.75, 3.05) is 37.5 Å². The summed E-state index contributed by atoms with van der Waals surface area (Å²) in [7, 11) is -1.84. The minimum Gasteiger partial charge on any atom is -0.495 e. The maximum absolute atomic E-state index is 12.3. The van der Waals surface area contributed by atoms with E-state index in [0.29, 0.717) is 29.9 Å². The predicted octanol–water partition coefficient (Wildman–Crippen LogP) is 3.38. The van der Waals surface area contributed by atoms with Crippen LogP contribution in [0.15, 0.2) is 36.7 Å². The third-order valence-electron chi connectivity index (χ3n) is 5.64. The Balaban J connectivity index is 1.76. The largest absolute Gasteiger partial charge is 0.495 e. The summed E-state index contributed by atoms with van der Waals surface area (Å²) < 4.78 is 38.3. The molecule has 0 aliphatic carbocycles. The van der Waals surface area contributed by atoms with Crippen LogP contribution in [0.1, 0.15) is 32.9 Å². The molecule has 0 atom stereocenters. The molecular formula is C24H30N6O5S. The number of amides is 1. The molecule has 1 aliphatic heterocycles. The molecule has 0 bridgehead atoms. The number of ether oxygens (including phenoxy) is 2. The number of rotatable bonds is 5. The Bertz CT molecular complexity index is 1460. The van der Waals surface area contributed by atoms with Crippen LogP contribution >= 0.6 is 0 Å². The molecule has 12 heteroatoms. The summed E-state index contributed by atoms with van der Waals surface area (Å²) in [6.07, 6.45) is 4.57. The Morgan fingerprint density at radius 1 is 1.22 bits per heavy atom. The zero-order valence-electron chi connectivity index (χ0n) is 20.9. The highest BCUT2D eigenvalue weighted by Crippen LogP contribution is 2.37. The van der Waals surface area contributed by atoms with Crippen molar-refractivity contribution >= 4 is 38.7 Å². The van der Waals surface area contributed by atoms with Gasteiger partial charge in [0.2, 0.25) is 10.0 Å². The van der Waals surface area contributed by atoms with Crippen LogP contribution < -0.4 is 15.8 Å². The molecular weight excluding hydrogens is 484 g/mol. The number of aromatic nitrogens is 3. The lowest BCUT2D eigenvalue weighted by molar-refractivity contribution is 0.0635. The zero-order valence-corrected chi connectivity index (χ0v) is 21.7. The predicted molar refractivity (Wildman–Crippen MR) is 138 cm³/mol. The van der Waals surface area contributed by atoms with Crippen LogP contribution in [0.2, 0.25) is 0 Å². The van der Waals surface area contributed by atoms with Gasteiger partial charge in [-0.1, -0.05) is 12.1 Å². The Kier molecular flexibility index (Phi) is 6.67. The first-order valence-electron chi connectivity index (χ1n) is 11.3. The maximum atomic E-state index is 12.3. The molecule has 0 unspecified atom stereocenters. The van der Waals surface area contributed by atoms with Crippen LogP contribution in [0.25, 0.3) is 22.2 Å². The molecule has 3 heterocycles. The van der Waals surface area contributed by atoms with E-state index in [9.17, 15) is 13.2 Å². The smallest absolute Gasteiger partial charge is 0.412 e. The topological polar surface area (TPSA) is 141 Å². The van der Waals surface area contributed by atoms with Crippen molar-refractivity contribution in [2.24, 2.45) is 0 Å². The first kappa shape index (κ1) is 25.5. The highest BCUT2D eigenvalue weighted by atomic mass is 32.2. The zero-order chi connectivity index (χ0) is 26.3. The Hall–Kier alpha value is -3.64. The summed E-state index contributed by atoms with van der Waals surface area (Å²) >= 11 is 0. The van der Waals surface area contributed by atoms with E-state index in [0.717, 1.165) is 22.4 Å². The molecule has 0 saturated heterocycles. The molecule has 1 aromatic carbocycles. The fourth-order valence-electron chi connectivity index (χ4n) is 4.08. The summed E-state index contributed by atoms with van der Waals surface area (Å²) in [5.41, 5.74) is 9.68. The second-order valence-electron chi connectivity index (χ2n) is 9.51. The number of hydrogen-bond donors (Lipinski definition) is 2. The van der Waals surface area contributed by atoms with Gasteiger partial charge < -0.3 is 15.2 Å². The van der Waals surface area contributed by atoms with E-state index in [1.807, 2.05) is 18.2 Å². The molecule has 0 radical (unpaired) electrons. The Labute approximate surface area is 209 Å². The number of nitrogen functional groups attached to an aromatic ring is 1. The van der Waals surface area contributed by atoms with Gasteiger partial charge in [0.25, 0.3) is 0 Å². The molecule has 0 saturated carbocycles. The lowest BCUT2D eigenvalue weighted by Crippen LogP contribution is -2.34. The van der Waals surface area contributed by atoms with Crippen molar-refractivity contribution in [3.63, 3.8) is 0 Å². The number of carbonyl (C=O) groups excluding carboxylic acids is 1. The quantitative estimate of drug-likeness (QED) is 0.528. The van der Waals surface area contributed by atoms with Gasteiger partial charge in [-0.15, -0.1) is 0 Å². The van der Waals surface area contributed by atoms with Gasteiger partial charge in [-0.3, -0.25) is 5.32 Å². The minimum absolute atomic E-state index is 0.233. The first-order chi connectivity index (χ1) is 16.9. The monoisotopic (exact) mass is 514 g/mol. The molecule has 2 aromatic heterocycles. The standard InChI is InChI=1S/C24H30N6O5S/c1-24(2,3)35-23(31)28-18-9-8-15(11-20(18)34-4)17-12-19(30-21(17)22(25)26-14-27-30)16-7-6-10-29(13-16)36(5,32)33/h7-9,11-12,14H,6,10,13H2,1-5H3,(H,28,31)(H2,25,26,27). The van der Waals surface area contributed by atoms with E-state index in [1.54, 1.807) is 37.4 Å². The number of nitrogens with zero attached hydrogens (tertiary/aromatic N) is 4. The van der Waals surface area contributed by atoms with Gasteiger partial charge in [0.15, 0.2) is 5.82 Å². The second-order valence-corrected chi connectivity index (χ2v) is 11.5. The van der Waals surface area contributed by atoms with E-state index < -0.39 is 21.7 Å². The van der Waals surface area contributed by atoms with Gasteiger partial charge in [0, 0.05) is 18.7 Å². The number of benzene rings is 1. The van der Waals surface area contributed by atoms with Gasteiger partial charge in [-0.05, 0) is 56.5 Å². The number of carbonyl (C=O) groups is 1. The van der Waals surface area contributed by atoms with Gasteiger partial charge in [0.1, 0.15) is 23.2 Å². The van der Waals surface area contributed by atoms with Crippen molar-refractivity contribution in [1.29, 1.82) is 0 Å². The number of anilines is 2. The fraction of sp³-hybridized carbons (Fsp3) is 0.375. The van der Waals surface area contributed by atoms with Gasteiger partial charge in [0.05, 0.1) is 24.7 Å². The molecule has 3 N–H and O–H groups in total. The third-order valence-corrected chi connectivity index (χ3v) is 6.89. The summed E-state index contributed by atoms with van der Waals surface area (Å²) in [5.74, 6) is 0.701. The number of nitrogens with two attached hydrogens (primary N) is 1. The number of sulfonamides is 1. The normalized spacial score (nSPS) is 15.0. The molecule has 11 nitrogen and oxygen atoms in total. The summed E-state index contributed by atoms with van der Waals surface area (Å²) in [6.45, 7) is 6.01. The number of methoxy groups -OCH3 is 1. The Morgan fingerprint density at radius 2 is 1.97 bits per heavy atom. The van der Waals surface area contributed by atoms with Gasteiger partial charge in [-0.25, -0.2) is 22.7 Å². The number of fused-ring (bicyclic) bond motifs is 1. The van der Waals surface area contributed by atoms with E-state index in [-0.39, 0.29) is 12.4 Å². The van der Waals surface area contributed by atoms with Crippen LogP contribution in [-0.2, 0) is 14.8 Å². The fourth-order valence-corrected chi connectivity index (χ4v) is 4.89. The highest BCUT2D eigenvalue weighted by molar-refractivity contribution is 7.88. The number of hydrogen-bond acceptors (Lipinski definition) is 8. The molecule has 0 fully saturated rings. The maximum Gasteiger partial charge on any atom is 0.412 e. The number of nitrogens with one attached hydrogen (secondary N) is 1. The van der Waals surface area contributed by atoms with Crippen molar-refractivity contribution in [1.82, 2.24) is 18.9 Å². The molecule has 0 spiro atoms. The van der Waals surface area contributed by atoms with E-state index in [4.69, 9.17) is 15.2 Å². The van der Waals surface area contributed by atoms with Crippen LogP contribution in [0.4, 0.5) is 16.3 Å². The van der Waals surface area contributed by atoms with E-state index in [2.05, 4.69) is 15.4 Å². The minimum atomic E-state index is -3.34. The molecule has 1 aliphatic rings. The Morgan fingerprint density at radius 3 is 2.64 bits per heavy atom. The van der Waals surface area contributed by atoms with Crippen molar-refractivity contribution < 1.29 is 22.7 Å². The molecule has 1 amide bonds. The van der Waals surface area contributed by atoms with Crippen molar-refractivity contribution in [3.8, 4) is 16.9 Å². The second kappa shape index (κ2) is 9.43. The van der Waals surface area contributed by atoms with Crippen LogP contribution in [-0.4, -0.2) is 65.5 Å². The lowest BCUT2D eigenvalue weighted by atomic mass is 10.0. The molecule has 192 valence electrons. The van der Waals surface area contributed by atoms with Crippen LogP contribution in [0.3, 0.4) is 0 Å². The van der Waals surface area contributed by atoms with E-state index in [1.165, 1.54) is 24.0 Å². The summed E-state index contributed by atoms with van der Waals surface area (Å²) in [5, 5.41) is 7.10. The first-order valence-corrected chi connectivity index (χ1v) is 13.2. The SMILES string of the molecule is COc1cc(-c2cc(C3=CCCN(S(C)(=O)=O)C3)n3ncnc(N)c23)ccc1NC(=O)OC(C)(C)C. The van der Waals surface area contributed by atoms with Crippen LogP contribution in [0.5, 0.6) is 5.75 Å². The van der Waals surface area contributed by atoms with Gasteiger partial charge in [-0.2, -0.15) is 9.40 Å². The third kappa shape index (κ3) is 5.29. The average molecular weight is 515 g/mol. The van der Waals surface area contributed by atoms with Gasteiger partial charge >= 0.3 is 6.09 Å². The average Bonchev–Trinajstić information content (AvgIpc) is 3.19. The molecule has 3 aromatic rings. The lowest BCUT2D eigenvalue weighted by Gasteiger charge is -2.24. The summed E-state index contributed by atoms with van der Waals surface area (Å²) in [6, 6.07) is 7.22. The highest BCUT2D eigenvalue weighted by Gasteiger charge is 2.25. The van der Waals surface area contributed by atoms with Crippen LogP contribution in [0, 0.1) is 0 Å². The van der Waals surface area contributed by atoms with E-state index >= 15 is 0 Å². The molecule has 36 heavy (non-hydrogen) atoms.